The molecule has 1 aromatic rings. The van der Waals surface area contributed by atoms with Crippen LogP contribution >= 0.6 is 22.6 Å². The summed E-state index contributed by atoms with van der Waals surface area (Å²) in [6.07, 6.45) is 4.32. The molecule has 1 aliphatic heterocycles. The van der Waals surface area contributed by atoms with Gasteiger partial charge in [0, 0.05) is 17.7 Å². The molecule has 14 heavy (non-hydrogen) atoms. The van der Waals surface area contributed by atoms with Crippen LogP contribution in [0.15, 0.2) is 12.3 Å². The quantitative estimate of drug-likeness (QED) is 0.620. The molecule has 1 saturated heterocycles. The molecule has 0 aliphatic carbocycles. The molecule has 1 aliphatic rings. The van der Waals surface area contributed by atoms with Gasteiger partial charge in [0.05, 0.1) is 17.4 Å². The van der Waals surface area contributed by atoms with E-state index in [4.69, 9.17) is 4.74 Å². The molecular weight excluding hydrogens is 291 g/mol. The molecule has 1 fully saturated rings. The van der Waals surface area contributed by atoms with Crippen molar-refractivity contribution in [2.45, 2.75) is 31.5 Å². The van der Waals surface area contributed by atoms with E-state index in [-0.39, 0.29) is 11.7 Å². The fraction of sp³-hybridized carbons (Fsp3) is 0.700. The summed E-state index contributed by atoms with van der Waals surface area (Å²) in [5, 5.41) is 4.17. The summed E-state index contributed by atoms with van der Waals surface area (Å²) in [5.74, 6) is 0. The summed E-state index contributed by atoms with van der Waals surface area (Å²) in [6, 6.07) is 2.05. The molecule has 0 radical (unpaired) electrons. The van der Waals surface area contributed by atoms with Crippen LogP contribution in [0.5, 0.6) is 0 Å². The molecule has 4 heteroatoms. The Hall–Kier alpha value is -0.100. The van der Waals surface area contributed by atoms with E-state index in [9.17, 15) is 0 Å². The number of ether oxygens (including phenoxy) is 1. The van der Waals surface area contributed by atoms with E-state index in [0.717, 1.165) is 17.3 Å². The third-order valence-electron chi connectivity index (χ3n) is 2.83. The van der Waals surface area contributed by atoms with Crippen molar-refractivity contribution >= 4 is 22.6 Å². The van der Waals surface area contributed by atoms with Crippen LogP contribution in [-0.4, -0.2) is 19.8 Å². The molecule has 2 rings (SSSR count). The SMILES string of the molecule is Cn1nccc1C1CCC(C)(CI)O1. The highest BCUT2D eigenvalue weighted by Gasteiger charge is 2.36. The highest BCUT2D eigenvalue weighted by Crippen LogP contribution is 2.39. The summed E-state index contributed by atoms with van der Waals surface area (Å²) in [6.45, 7) is 2.19. The summed E-state index contributed by atoms with van der Waals surface area (Å²) < 4.78 is 9.02. The Bertz CT molecular complexity index is 326. The van der Waals surface area contributed by atoms with Gasteiger partial charge in [-0.2, -0.15) is 5.10 Å². The number of hydrogen-bond donors (Lipinski definition) is 0. The predicted molar refractivity (Wildman–Crippen MR) is 63.6 cm³/mol. The van der Waals surface area contributed by atoms with Crippen molar-refractivity contribution in [3.05, 3.63) is 18.0 Å². The summed E-state index contributed by atoms with van der Waals surface area (Å²) in [5.41, 5.74) is 1.26. The predicted octanol–water partition coefficient (Wildman–Crippen LogP) is 2.47. The maximum absolute atomic E-state index is 6.05. The molecular formula is C10H15IN2O. The second-order valence-electron chi connectivity index (χ2n) is 4.11. The van der Waals surface area contributed by atoms with Gasteiger partial charge in [-0.3, -0.25) is 4.68 Å². The van der Waals surface area contributed by atoms with Crippen LogP contribution in [0.1, 0.15) is 31.6 Å². The first-order valence-corrected chi connectivity index (χ1v) is 6.39. The maximum atomic E-state index is 6.05. The number of aryl methyl sites for hydroxylation is 1. The minimum atomic E-state index is 0.0650. The lowest BCUT2D eigenvalue weighted by atomic mass is 10.0. The zero-order chi connectivity index (χ0) is 10.2. The molecule has 0 N–H and O–H groups in total. The first kappa shape index (κ1) is 10.4. The van der Waals surface area contributed by atoms with Crippen molar-refractivity contribution in [2.24, 2.45) is 7.05 Å². The van der Waals surface area contributed by atoms with Gasteiger partial charge in [-0.1, -0.05) is 22.6 Å². The zero-order valence-corrected chi connectivity index (χ0v) is 10.7. The molecule has 0 bridgehead atoms. The van der Waals surface area contributed by atoms with Crippen LogP contribution < -0.4 is 0 Å². The van der Waals surface area contributed by atoms with Gasteiger partial charge < -0.3 is 4.74 Å². The van der Waals surface area contributed by atoms with Crippen molar-refractivity contribution in [1.29, 1.82) is 0 Å². The van der Waals surface area contributed by atoms with Gasteiger partial charge in [0.1, 0.15) is 0 Å². The van der Waals surface area contributed by atoms with E-state index in [1.165, 1.54) is 5.69 Å². The molecule has 0 aromatic carbocycles. The Balaban J connectivity index is 2.13. The van der Waals surface area contributed by atoms with Crippen molar-refractivity contribution in [3.8, 4) is 0 Å². The molecule has 2 atom stereocenters. The molecule has 78 valence electrons. The van der Waals surface area contributed by atoms with Gasteiger partial charge >= 0.3 is 0 Å². The number of aromatic nitrogens is 2. The van der Waals surface area contributed by atoms with E-state index in [0.29, 0.717) is 0 Å². The fourth-order valence-electron chi connectivity index (χ4n) is 1.90. The number of rotatable bonds is 2. The highest BCUT2D eigenvalue weighted by molar-refractivity contribution is 14.1. The van der Waals surface area contributed by atoms with Gasteiger partial charge in [-0.05, 0) is 25.8 Å². The average molecular weight is 306 g/mol. The molecule has 3 nitrogen and oxygen atoms in total. The van der Waals surface area contributed by atoms with Crippen molar-refractivity contribution in [3.63, 3.8) is 0 Å². The van der Waals surface area contributed by atoms with Crippen molar-refractivity contribution in [1.82, 2.24) is 9.78 Å². The first-order valence-electron chi connectivity index (χ1n) is 4.86. The average Bonchev–Trinajstić information content (AvgIpc) is 2.73. The van der Waals surface area contributed by atoms with Gasteiger partial charge in [-0.15, -0.1) is 0 Å². The topological polar surface area (TPSA) is 27.1 Å². The minimum Gasteiger partial charge on any atom is -0.365 e. The van der Waals surface area contributed by atoms with Gasteiger partial charge in [-0.25, -0.2) is 0 Å². The zero-order valence-electron chi connectivity index (χ0n) is 8.53. The molecule has 0 amide bonds. The largest absolute Gasteiger partial charge is 0.365 e. The fourth-order valence-corrected chi connectivity index (χ4v) is 2.47. The number of nitrogens with zero attached hydrogens (tertiary/aromatic N) is 2. The van der Waals surface area contributed by atoms with Crippen LogP contribution in [0.25, 0.3) is 0 Å². The number of alkyl halides is 1. The maximum Gasteiger partial charge on any atom is 0.1000 e. The van der Waals surface area contributed by atoms with Crippen LogP contribution in [0.2, 0.25) is 0 Å². The number of hydrogen-bond acceptors (Lipinski definition) is 2. The second kappa shape index (κ2) is 3.81. The van der Waals surface area contributed by atoms with E-state index < -0.39 is 0 Å². The lowest BCUT2D eigenvalue weighted by Crippen LogP contribution is -2.25. The standard InChI is InChI=1S/C10H15IN2O/c1-10(7-11)5-3-9(14-10)8-4-6-12-13(8)2/h4,6,9H,3,5,7H2,1-2H3. The molecule has 2 unspecified atom stereocenters. The third kappa shape index (κ3) is 1.82. The summed E-state index contributed by atoms with van der Waals surface area (Å²) in [4.78, 5) is 0. The lowest BCUT2D eigenvalue weighted by Gasteiger charge is -2.22. The highest BCUT2D eigenvalue weighted by atomic mass is 127. The van der Waals surface area contributed by atoms with E-state index in [1.807, 2.05) is 24.0 Å². The molecule has 2 heterocycles. The summed E-state index contributed by atoms with van der Waals surface area (Å²) in [7, 11) is 1.97. The van der Waals surface area contributed by atoms with E-state index >= 15 is 0 Å². The van der Waals surface area contributed by atoms with Gasteiger partial charge in [0.2, 0.25) is 0 Å². The number of halogens is 1. The van der Waals surface area contributed by atoms with Gasteiger partial charge in [0.25, 0.3) is 0 Å². The molecule has 0 spiro atoms. The lowest BCUT2D eigenvalue weighted by molar-refractivity contribution is -0.0142. The monoisotopic (exact) mass is 306 g/mol. The molecule has 1 aromatic heterocycles. The Kier molecular flexibility index (Phi) is 2.83. The van der Waals surface area contributed by atoms with Crippen molar-refractivity contribution < 1.29 is 4.74 Å². The van der Waals surface area contributed by atoms with E-state index in [2.05, 4.69) is 34.6 Å². The first-order chi connectivity index (χ1) is 6.64. The van der Waals surface area contributed by atoms with Crippen LogP contribution in [0.4, 0.5) is 0 Å². The molecule has 0 saturated carbocycles. The van der Waals surface area contributed by atoms with Gasteiger partial charge in [0.15, 0.2) is 0 Å². The Morgan fingerprint density at radius 3 is 3.07 bits per heavy atom. The third-order valence-corrected chi connectivity index (χ3v) is 4.45. The Labute approximate surface area is 98.0 Å². The van der Waals surface area contributed by atoms with Crippen LogP contribution in [-0.2, 0) is 11.8 Å². The second-order valence-corrected chi connectivity index (χ2v) is 4.87. The smallest absolute Gasteiger partial charge is 0.1000 e. The van der Waals surface area contributed by atoms with Crippen LogP contribution in [0.3, 0.4) is 0 Å². The Morgan fingerprint density at radius 1 is 1.79 bits per heavy atom. The van der Waals surface area contributed by atoms with Crippen molar-refractivity contribution in [2.75, 3.05) is 4.43 Å². The van der Waals surface area contributed by atoms with E-state index in [1.54, 1.807) is 0 Å². The Morgan fingerprint density at radius 2 is 2.57 bits per heavy atom. The van der Waals surface area contributed by atoms with Crippen LogP contribution in [0, 0.1) is 0 Å². The minimum absolute atomic E-state index is 0.0650. The summed E-state index contributed by atoms with van der Waals surface area (Å²) >= 11 is 2.40. The normalized spacial score (nSPS) is 32.4.